The zero-order valence-corrected chi connectivity index (χ0v) is 19.3. The van der Waals surface area contributed by atoms with Crippen LogP contribution < -0.4 is 10.1 Å². The Morgan fingerprint density at radius 2 is 1.76 bits per heavy atom. The van der Waals surface area contributed by atoms with Crippen LogP contribution in [-0.4, -0.2) is 34.5 Å². The van der Waals surface area contributed by atoms with E-state index < -0.39 is 17.2 Å². The number of rotatable bonds is 10. The zero-order chi connectivity index (χ0) is 24.2. The van der Waals surface area contributed by atoms with Crippen LogP contribution in [0.5, 0.6) is 5.75 Å². The molecule has 1 amide bonds. The Bertz CT molecular complexity index is 1100. The van der Waals surface area contributed by atoms with Crippen molar-refractivity contribution >= 4 is 45.2 Å². The van der Waals surface area contributed by atoms with Crippen LogP contribution in [0.1, 0.15) is 5.56 Å². The Morgan fingerprint density at radius 1 is 1.00 bits per heavy atom. The summed E-state index contributed by atoms with van der Waals surface area (Å²) in [6.07, 6.45) is 0.204. The van der Waals surface area contributed by atoms with E-state index in [-0.39, 0.29) is 24.7 Å². The number of nitrogens with one attached hydrogen (secondary N) is 1. The van der Waals surface area contributed by atoms with Crippen molar-refractivity contribution in [2.24, 2.45) is 0 Å². The van der Waals surface area contributed by atoms with Crippen LogP contribution in [0.2, 0.25) is 0 Å². The summed E-state index contributed by atoms with van der Waals surface area (Å²) in [6.45, 7) is 0.195. The smallest absolute Gasteiger partial charge is 0.448 e. The highest BCUT2D eigenvalue weighted by atomic mass is 33.1. The average molecular weight is 502 g/mol. The van der Waals surface area contributed by atoms with Gasteiger partial charge in [-0.2, -0.15) is 0 Å². The number of hydrogen-bond acceptors (Lipinski definition) is 10. The third kappa shape index (κ3) is 8.64. The lowest BCUT2D eigenvalue weighted by Crippen LogP contribution is -2.15. The van der Waals surface area contributed by atoms with Crippen LogP contribution in [0.15, 0.2) is 78.0 Å². The van der Waals surface area contributed by atoms with Crippen LogP contribution >= 0.6 is 21.6 Å². The van der Waals surface area contributed by atoms with Crippen LogP contribution in [0.3, 0.4) is 0 Å². The van der Waals surface area contributed by atoms with Gasteiger partial charge in [0.1, 0.15) is 24.0 Å². The second-order valence-electron chi connectivity index (χ2n) is 6.42. The van der Waals surface area contributed by atoms with Gasteiger partial charge in [0.05, 0.1) is 4.92 Å². The van der Waals surface area contributed by atoms with E-state index in [1.165, 1.54) is 45.9 Å². The predicted octanol–water partition coefficient (Wildman–Crippen LogP) is 5.69. The molecule has 2 aromatic carbocycles. The van der Waals surface area contributed by atoms with Crippen molar-refractivity contribution in [3.05, 3.63) is 88.6 Å². The maximum absolute atomic E-state index is 11.9. The quantitative estimate of drug-likeness (QED) is 0.0922. The standard InChI is InChI=1S/C22H19N3O7S2/c26-21(30-13-14-33-34-20-3-1-2-12-23-20)24-17-6-4-16(5-7-17)15-31-22(27)32-19-10-8-18(9-11-19)25(28)29/h1-12H,13-15H2,(H,24,26). The van der Waals surface area contributed by atoms with Gasteiger partial charge in [0.2, 0.25) is 0 Å². The van der Waals surface area contributed by atoms with E-state index >= 15 is 0 Å². The van der Waals surface area contributed by atoms with E-state index in [0.717, 1.165) is 5.03 Å². The van der Waals surface area contributed by atoms with E-state index in [1.54, 1.807) is 30.5 Å². The van der Waals surface area contributed by atoms with Gasteiger partial charge in [-0.1, -0.05) is 29.0 Å². The molecule has 176 valence electrons. The Morgan fingerprint density at radius 3 is 2.44 bits per heavy atom. The molecule has 0 aliphatic rings. The molecule has 1 aromatic heterocycles. The summed E-state index contributed by atoms with van der Waals surface area (Å²) in [5.41, 5.74) is 1.08. The molecule has 0 unspecified atom stereocenters. The summed E-state index contributed by atoms with van der Waals surface area (Å²) in [6, 6.07) is 17.3. The monoisotopic (exact) mass is 501 g/mol. The molecule has 0 saturated heterocycles. The van der Waals surface area contributed by atoms with E-state index in [0.29, 0.717) is 17.0 Å². The number of non-ortho nitro benzene ring substituents is 1. The van der Waals surface area contributed by atoms with E-state index in [2.05, 4.69) is 10.3 Å². The molecule has 12 heteroatoms. The molecule has 1 N–H and O–H groups in total. The molecule has 0 atom stereocenters. The maximum Gasteiger partial charge on any atom is 0.514 e. The van der Waals surface area contributed by atoms with Crippen molar-refractivity contribution in [2.75, 3.05) is 17.7 Å². The molecule has 0 aliphatic carbocycles. The number of nitro benzene ring substituents is 1. The van der Waals surface area contributed by atoms with Gasteiger partial charge < -0.3 is 14.2 Å². The molecule has 0 radical (unpaired) electrons. The lowest BCUT2D eigenvalue weighted by atomic mass is 10.2. The van der Waals surface area contributed by atoms with E-state index in [4.69, 9.17) is 14.2 Å². The first kappa shape index (κ1) is 24.9. The third-order valence-corrected chi connectivity index (χ3v) is 6.22. The minimum atomic E-state index is -0.946. The average Bonchev–Trinajstić information content (AvgIpc) is 2.84. The molecule has 34 heavy (non-hydrogen) atoms. The van der Waals surface area contributed by atoms with E-state index in [9.17, 15) is 19.7 Å². The molecule has 3 aromatic rings. The van der Waals surface area contributed by atoms with Gasteiger partial charge in [0.25, 0.3) is 5.69 Å². The van der Waals surface area contributed by atoms with Crippen molar-refractivity contribution in [1.82, 2.24) is 4.98 Å². The van der Waals surface area contributed by atoms with Gasteiger partial charge >= 0.3 is 12.2 Å². The molecule has 0 spiro atoms. The van der Waals surface area contributed by atoms with Gasteiger partial charge in [-0.3, -0.25) is 15.4 Å². The summed E-state index contributed by atoms with van der Waals surface area (Å²) in [5.74, 6) is 0.739. The minimum Gasteiger partial charge on any atom is -0.448 e. The maximum atomic E-state index is 11.9. The number of ether oxygens (including phenoxy) is 3. The summed E-state index contributed by atoms with van der Waals surface area (Å²) < 4.78 is 15.1. The number of carbonyl (C=O) groups is 2. The highest BCUT2D eigenvalue weighted by molar-refractivity contribution is 8.76. The Kier molecular flexibility index (Phi) is 9.55. The number of nitro groups is 1. The number of amides is 1. The third-order valence-electron chi connectivity index (χ3n) is 3.99. The van der Waals surface area contributed by atoms with Gasteiger partial charge in [0.15, 0.2) is 0 Å². The largest absolute Gasteiger partial charge is 0.514 e. The number of pyridine rings is 1. The zero-order valence-electron chi connectivity index (χ0n) is 17.6. The van der Waals surface area contributed by atoms with Crippen LogP contribution in [0.25, 0.3) is 0 Å². The van der Waals surface area contributed by atoms with Crippen molar-refractivity contribution in [1.29, 1.82) is 0 Å². The summed E-state index contributed by atoms with van der Waals surface area (Å²) in [4.78, 5) is 37.9. The molecule has 0 bridgehead atoms. The van der Waals surface area contributed by atoms with Crippen molar-refractivity contribution in [3.63, 3.8) is 0 Å². The number of hydrogen-bond donors (Lipinski definition) is 1. The fourth-order valence-electron chi connectivity index (χ4n) is 2.41. The lowest BCUT2D eigenvalue weighted by molar-refractivity contribution is -0.384. The summed E-state index contributed by atoms with van der Waals surface area (Å²) in [7, 11) is 3.05. The lowest BCUT2D eigenvalue weighted by Gasteiger charge is -2.08. The number of benzene rings is 2. The Hall–Kier alpha value is -3.77. The summed E-state index contributed by atoms with van der Waals surface area (Å²) in [5, 5.41) is 14.1. The van der Waals surface area contributed by atoms with Crippen LogP contribution in [0.4, 0.5) is 21.0 Å². The predicted molar refractivity (Wildman–Crippen MR) is 128 cm³/mol. The second kappa shape index (κ2) is 13.1. The first-order valence-electron chi connectivity index (χ1n) is 9.82. The molecule has 1 heterocycles. The van der Waals surface area contributed by atoms with Crippen LogP contribution in [0, 0.1) is 10.1 Å². The second-order valence-corrected chi connectivity index (χ2v) is 8.86. The minimum absolute atomic E-state index is 0.0539. The summed E-state index contributed by atoms with van der Waals surface area (Å²) >= 11 is 0. The molecular formula is C22H19N3O7S2. The van der Waals surface area contributed by atoms with Crippen molar-refractivity contribution < 1.29 is 28.7 Å². The van der Waals surface area contributed by atoms with Crippen LogP contribution in [-0.2, 0) is 16.1 Å². The fourth-order valence-corrected chi connectivity index (χ4v) is 4.11. The van der Waals surface area contributed by atoms with Gasteiger partial charge in [-0.15, -0.1) is 0 Å². The molecule has 10 nitrogen and oxygen atoms in total. The number of nitrogens with zero attached hydrogens (tertiary/aromatic N) is 2. The topological polar surface area (TPSA) is 130 Å². The normalized spacial score (nSPS) is 10.2. The van der Waals surface area contributed by atoms with Crippen molar-refractivity contribution in [2.45, 2.75) is 11.6 Å². The first-order valence-corrected chi connectivity index (χ1v) is 12.1. The van der Waals surface area contributed by atoms with E-state index in [1.807, 2.05) is 18.2 Å². The number of anilines is 1. The molecule has 3 rings (SSSR count). The first-order chi connectivity index (χ1) is 16.5. The Labute approximate surface area is 202 Å². The highest BCUT2D eigenvalue weighted by Crippen LogP contribution is 2.28. The number of carbonyl (C=O) groups excluding carboxylic acids is 2. The van der Waals surface area contributed by atoms with Crippen molar-refractivity contribution in [3.8, 4) is 5.75 Å². The Balaban J connectivity index is 1.32. The van der Waals surface area contributed by atoms with Gasteiger partial charge in [0, 0.05) is 29.8 Å². The molecule has 0 saturated carbocycles. The molecule has 0 aliphatic heterocycles. The molecule has 0 fully saturated rings. The number of aromatic nitrogens is 1. The van der Waals surface area contributed by atoms with Gasteiger partial charge in [-0.05, 0) is 52.8 Å². The molecular weight excluding hydrogens is 482 g/mol. The SMILES string of the molecule is O=C(Nc1ccc(COC(=O)Oc2ccc([N+](=O)[O-])cc2)cc1)OCCSSc1ccccn1. The van der Waals surface area contributed by atoms with Gasteiger partial charge in [-0.25, -0.2) is 14.6 Å². The fraction of sp³-hybridized carbons (Fsp3) is 0.136. The highest BCUT2D eigenvalue weighted by Gasteiger charge is 2.10.